The quantitative estimate of drug-likeness (QED) is 0.656. The molecule has 7 nitrogen and oxygen atoms in total. The van der Waals surface area contributed by atoms with Crippen LogP contribution in [0.15, 0.2) is 21.6 Å². The summed E-state index contributed by atoms with van der Waals surface area (Å²) >= 11 is 3.19. The summed E-state index contributed by atoms with van der Waals surface area (Å²) in [6.45, 7) is 5.76. The van der Waals surface area contributed by atoms with Gasteiger partial charge in [0.05, 0.1) is 0 Å². The van der Waals surface area contributed by atoms with Gasteiger partial charge in [-0.15, -0.1) is 0 Å². The van der Waals surface area contributed by atoms with E-state index in [0.717, 1.165) is 0 Å². The van der Waals surface area contributed by atoms with E-state index in [0.29, 0.717) is 11.0 Å². The first-order valence-electron chi connectivity index (χ1n) is 6.40. The zero-order chi connectivity index (χ0) is 16.2. The number of amides is 1. The van der Waals surface area contributed by atoms with Gasteiger partial charge in [-0.05, 0) is 34.8 Å². The van der Waals surface area contributed by atoms with E-state index in [1.807, 2.05) is 6.92 Å². The molecule has 0 aliphatic heterocycles. The summed E-state index contributed by atoms with van der Waals surface area (Å²) in [6.07, 6.45) is 1.49. The van der Waals surface area contributed by atoms with Gasteiger partial charge >= 0.3 is 0 Å². The Labute approximate surface area is 132 Å². The molecule has 0 radical (unpaired) electrons. The molecule has 1 aromatic heterocycles. The van der Waals surface area contributed by atoms with Crippen LogP contribution in [-0.2, 0) is 14.8 Å². The third-order valence-corrected chi connectivity index (χ3v) is 4.60. The Morgan fingerprint density at radius 1 is 1.48 bits per heavy atom. The van der Waals surface area contributed by atoms with Gasteiger partial charge in [0.1, 0.15) is 16.8 Å². The molecule has 1 aromatic rings. The smallest absolute Gasteiger partial charge is 0.245 e. The average Bonchev–Trinajstić information content (AvgIpc) is 2.37. The van der Waals surface area contributed by atoms with E-state index in [-0.39, 0.29) is 16.6 Å². The number of hydrogen-bond acceptors (Lipinski definition) is 5. The fourth-order valence-corrected chi connectivity index (χ4v) is 3.67. The summed E-state index contributed by atoms with van der Waals surface area (Å²) in [5.41, 5.74) is 5.24. The van der Waals surface area contributed by atoms with Crippen LogP contribution in [-0.4, -0.2) is 31.9 Å². The second kappa shape index (κ2) is 7.19. The number of halogens is 1. The normalized spacial score (nSPS) is 13.2. The van der Waals surface area contributed by atoms with Gasteiger partial charge < -0.3 is 11.1 Å². The van der Waals surface area contributed by atoms with Gasteiger partial charge in [0, 0.05) is 17.2 Å². The molecular weight excluding hydrogens is 360 g/mol. The van der Waals surface area contributed by atoms with Crippen molar-refractivity contribution in [2.45, 2.75) is 31.7 Å². The number of carbonyl (C=O) groups is 1. The van der Waals surface area contributed by atoms with Crippen LogP contribution in [0.4, 0.5) is 5.82 Å². The summed E-state index contributed by atoms with van der Waals surface area (Å²) in [7, 11) is -3.93. The van der Waals surface area contributed by atoms with E-state index in [4.69, 9.17) is 5.73 Å². The number of sulfonamides is 1. The monoisotopic (exact) mass is 378 g/mol. The molecule has 21 heavy (non-hydrogen) atoms. The van der Waals surface area contributed by atoms with Crippen molar-refractivity contribution < 1.29 is 13.2 Å². The second-order valence-electron chi connectivity index (χ2n) is 4.78. The number of rotatable bonds is 7. The van der Waals surface area contributed by atoms with Crippen LogP contribution >= 0.6 is 15.9 Å². The summed E-state index contributed by atoms with van der Waals surface area (Å²) in [4.78, 5) is 15.4. The molecule has 0 spiro atoms. The van der Waals surface area contributed by atoms with Crippen LogP contribution < -0.4 is 15.8 Å². The lowest BCUT2D eigenvalue weighted by Crippen LogP contribution is -2.47. The lowest BCUT2D eigenvalue weighted by Gasteiger charge is -2.20. The molecule has 0 aliphatic rings. The molecule has 0 saturated carbocycles. The molecule has 0 aliphatic carbocycles. The Hall–Kier alpha value is -1.19. The lowest BCUT2D eigenvalue weighted by molar-refractivity contribution is -0.120. The van der Waals surface area contributed by atoms with Crippen LogP contribution in [0.25, 0.3) is 0 Å². The maximum Gasteiger partial charge on any atom is 0.245 e. The minimum atomic E-state index is -3.93. The van der Waals surface area contributed by atoms with E-state index in [1.165, 1.54) is 12.3 Å². The SMILES string of the molecule is CCNc1ncc(Br)cc1S(=O)(=O)NC(C(N)=O)C(C)C. The number of aromatic nitrogens is 1. The first-order valence-corrected chi connectivity index (χ1v) is 8.67. The third-order valence-electron chi connectivity index (χ3n) is 2.71. The zero-order valence-corrected chi connectivity index (χ0v) is 14.5. The Morgan fingerprint density at radius 3 is 2.57 bits per heavy atom. The largest absolute Gasteiger partial charge is 0.369 e. The number of nitrogens with zero attached hydrogens (tertiary/aromatic N) is 1. The molecule has 1 heterocycles. The van der Waals surface area contributed by atoms with Crippen LogP contribution in [0.5, 0.6) is 0 Å². The van der Waals surface area contributed by atoms with Crippen LogP contribution in [0.3, 0.4) is 0 Å². The lowest BCUT2D eigenvalue weighted by atomic mass is 10.1. The fraction of sp³-hybridized carbons (Fsp3) is 0.500. The molecule has 4 N–H and O–H groups in total. The first kappa shape index (κ1) is 17.9. The predicted molar refractivity (Wildman–Crippen MR) is 84.2 cm³/mol. The van der Waals surface area contributed by atoms with Crippen molar-refractivity contribution in [3.63, 3.8) is 0 Å². The highest BCUT2D eigenvalue weighted by Crippen LogP contribution is 2.23. The molecule has 9 heteroatoms. The molecular formula is C12H19BrN4O3S. The van der Waals surface area contributed by atoms with Gasteiger partial charge in [-0.1, -0.05) is 13.8 Å². The van der Waals surface area contributed by atoms with Crippen LogP contribution in [0.1, 0.15) is 20.8 Å². The highest BCUT2D eigenvalue weighted by molar-refractivity contribution is 9.10. The van der Waals surface area contributed by atoms with Crippen molar-refractivity contribution in [3.8, 4) is 0 Å². The van der Waals surface area contributed by atoms with Gasteiger partial charge in [-0.25, -0.2) is 13.4 Å². The Balaban J connectivity index is 3.24. The third kappa shape index (κ3) is 4.65. The Kier molecular flexibility index (Phi) is 6.11. The molecule has 0 bridgehead atoms. The van der Waals surface area contributed by atoms with Crippen molar-refractivity contribution in [1.82, 2.24) is 9.71 Å². The molecule has 1 amide bonds. The van der Waals surface area contributed by atoms with Gasteiger partial charge in [0.15, 0.2) is 0 Å². The zero-order valence-electron chi connectivity index (χ0n) is 12.1. The number of nitrogens with two attached hydrogens (primary N) is 1. The van der Waals surface area contributed by atoms with Gasteiger partial charge in [0.25, 0.3) is 0 Å². The maximum atomic E-state index is 12.5. The van der Waals surface area contributed by atoms with Crippen LogP contribution in [0.2, 0.25) is 0 Å². The summed E-state index contributed by atoms with van der Waals surface area (Å²) in [5, 5.41) is 2.87. The Bertz CT molecular complexity index is 619. The van der Waals surface area contributed by atoms with Crippen molar-refractivity contribution in [3.05, 3.63) is 16.7 Å². The van der Waals surface area contributed by atoms with Crippen molar-refractivity contribution in [2.24, 2.45) is 11.7 Å². The van der Waals surface area contributed by atoms with Gasteiger partial charge in [-0.3, -0.25) is 4.79 Å². The minimum Gasteiger partial charge on any atom is -0.369 e. The van der Waals surface area contributed by atoms with E-state index in [9.17, 15) is 13.2 Å². The average molecular weight is 379 g/mol. The number of nitrogens with one attached hydrogen (secondary N) is 2. The number of anilines is 1. The highest BCUT2D eigenvalue weighted by atomic mass is 79.9. The minimum absolute atomic E-state index is 0.0365. The number of carbonyl (C=O) groups excluding carboxylic acids is 1. The summed E-state index contributed by atoms with van der Waals surface area (Å²) < 4.78 is 27.8. The molecule has 1 unspecified atom stereocenters. The molecule has 0 aromatic carbocycles. The molecule has 1 rings (SSSR count). The summed E-state index contributed by atoms with van der Waals surface area (Å²) in [6, 6.07) is 0.439. The topological polar surface area (TPSA) is 114 Å². The van der Waals surface area contributed by atoms with Gasteiger partial charge in [-0.2, -0.15) is 4.72 Å². The van der Waals surface area contributed by atoms with E-state index in [2.05, 4.69) is 31.0 Å². The standard InChI is InChI=1S/C12H19BrN4O3S/c1-4-15-12-9(5-8(13)6-16-12)21(19,20)17-10(7(2)3)11(14)18/h5-7,10,17H,4H2,1-3H3,(H2,14,18)(H,15,16). The first-order chi connectivity index (χ1) is 9.69. The highest BCUT2D eigenvalue weighted by Gasteiger charge is 2.28. The van der Waals surface area contributed by atoms with Crippen molar-refractivity contribution in [1.29, 1.82) is 0 Å². The molecule has 1 atom stereocenters. The van der Waals surface area contributed by atoms with Crippen molar-refractivity contribution in [2.75, 3.05) is 11.9 Å². The second-order valence-corrected chi connectivity index (χ2v) is 7.37. The van der Waals surface area contributed by atoms with E-state index >= 15 is 0 Å². The molecule has 0 fully saturated rings. The Morgan fingerprint density at radius 2 is 2.10 bits per heavy atom. The number of pyridine rings is 1. The number of primary amides is 1. The van der Waals surface area contributed by atoms with E-state index < -0.39 is 22.0 Å². The van der Waals surface area contributed by atoms with Crippen molar-refractivity contribution >= 4 is 37.7 Å². The fourth-order valence-electron chi connectivity index (χ4n) is 1.68. The molecule has 118 valence electrons. The van der Waals surface area contributed by atoms with Gasteiger partial charge in [0.2, 0.25) is 15.9 Å². The maximum absolute atomic E-state index is 12.5. The van der Waals surface area contributed by atoms with E-state index in [1.54, 1.807) is 13.8 Å². The van der Waals surface area contributed by atoms with Crippen LogP contribution in [0, 0.1) is 5.92 Å². The number of hydrogen-bond donors (Lipinski definition) is 3. The molecule has 0 saturated heterocycles. The summed E-state index contributed by atoms with van der Waals surface area (Å²) in [5.74, 6) is -0.762. The predicted octanol–water partition coefficient (Wildman–Crippen LogP) is 1.06.